The molecule has 4 nitrogen and oxygen atoms in total. The molecule has 19 heavy (non-hydrogen) atoms. The van der Waals surface area contributed by atoms with Crippen LogP contribution in [-0.4, -0.2) is 47.9 Å². The third-order valence-corrected chi connectivity index (χ3v) is 4.25. The highest BCUT2D eigenvalue weighted by molar-refractivity contribution is 5.79. The Hall–Kier alpha value is -1.55. The van der Waals surface area contributed by atoms with Crippen LogP contribution >= 0.6 is 0 Å². The predicted octanol–water partition coefficient (Wildman–Crippen LogP) is 1.12. The Bertz CT molecular complexity index is 474. The van der Waals surface area contributed by atoms with Crippen LogP contribution in [0.2, 0.25) is 0 Å². The maximum atomic E-state index is 12.3. The Morgan fingerprint density at radius 3 is 3.05 bits per heavy atom. The van der Waals surface area contributed by atoms with Crippen LogP contribution < -0.4 is 5.73 Å². The molecule has 2 aliphatic heterocycles. The molecule has 0 bridgehead atoms. The van der Waals surface area contributed by atoms with Gasteiger partial charge in [-0.15, -0.1) is 0 Å². The Morgan fingerprint density at radius 2 is 2.21 bits per heavy atom. The van der Waals surface area contributed by atoms with Gasteiger partial charge in [0.15, 0.2) is 0 Å². The summed E-state index contributed by atoms with van der Waals surface area (Å²) in [6.07, 6.45) is 2.99. The molecule has 1 unspecified atom stereocenters. The smallest absolute Gasteiger partial charge is 0.227 e. The number of anilines is 1. The Balaban J connectivity index is 1.61. The lowest BCUT2D eigenvalue weighted by atomic mass is 10.1. The molecule has 3 rings (SSSR count). The molecule has 0 spiro atoms. The van der Waals surface area contributed by atoms with Gasteiger partial charge in [0.05, 0.1) is 6.42 Å². The second-order valence-electron chi connectivity index (χ2n) is 5.59. The van der Waals surface area contributed by atoms with Crippen LogP contribution in [0.25, 0.3) is 0 Å². The maximum absolute atomic E-state index is 12.3. The molecule has 1 aromatic carbocycles. The van der Waals surface area contributed by atoms with E-state index in [0.29, 0.717) is 12.5 Å². The number of piperazine rings is 1. The van der Waals surface area contributed by atoms with Crippen molar-refractivity contribution in [2.24, 2.45) is 0 Å². The molecule has 2 heterocycles. The normalized spacial score (nSPS) is 23.4. The van der Waals surface area contributed by atoms with Gasteiger partial charge in [0.2, 0.25) is 5.91 Å². The van der Waals surface area contributed by atoms with Gasteiger partial charge in [-0.1, -0.05) is 12.1 Å². The van der Waals surface area contributed by atoms with Gasteiger partial charge in [-0.05, 0) is 37.1 Å². The first kappa shape index (κ1) is 12.5. The lowest BCUT2D eigenvalue weighted by Crippen LogP contribution is -2.52. The van der Waals surface area contributed by atoms with Gasteiger partial charge in [0, 0.05) is 31.4 Å². The highest BCUT2D eigenvalue weighted by atomic mass is 16.2. The largest absolute Gasteiger partial charge is 0.399 e. The summed E-state index contributed by atoms with van der Waals surface area (Å²) < 4.78 is 0. The summed E-state index contributed by atoms with van der Waals surface area (Å²) in [6.45, 7) is 4.02. The number of hydrogen-bond donors (Lipinski definition) is 1. The maximum Gasteiger partial charge on any atom is 0.227 e. The lowest BCUT2D eigenvalue weighted by Gasteiger charge is -2.37. The van der Waals surface area contributed by atoms with E-state index < -0.39 is 0 Å². The fourth-order valence-corrected chi connectivity index (χ4v) is 3.21. The van der Waals surface area contributed by atoms with Gasteiger partial charge >= 0.3 is 0 Å². The minimum atomic E-state index is 0.233. The zero-order valence-corrected chi connectivity index (χ0v) is 11.2. The summed E-state index contributed by atoms with van der Waals surface area (Å²) in [4.78, 5) is 16.9. The van der Waals surface area contributed by atoms with Gasteiger partial charge in [0.25, 0.3) is 0 Å². The van der Waals surface area contributed by atoms with Crippen LogP contribution in [0.5, 0.6) is 0 Å². The van der Waals surface area contributed by atoms with E-state index >= 15 is 0 Å². The minimum absolute atomic E-state index is 0.233. The Kier molecular flexibility index (Phi) is 3.42. The second kappa shape index (κ2) is 5.21. The molecule has 2 N–H and O–H groups in total. The monoisotopic (exact) mass is 259 g/mol. The molecule has 2 aliphatic rings. The molecule has 0 aromatic heterocycles. The fraction of sp³-hybridized carbons (Fsp3) is 0.533. The van der Waals surface area contributed by atoms with E-state index in [2.05, 4.69) is 4.90 Å². The zero-order valence-electron chi connectivity index (χ0n) is 11.2. The van der Waals surface area contributed by atoms with Crippen LogP contribution in [0.4, 0.5) is 5.69 Å². The molecule has 1 amide bonds. The second-order valence-corrected chi connectivity index (χ2v) is 5.59. The SMILES string of the molecule is Nc1cccc(CC(=O)N2CCN3CCCC3C2)c1. The van der Waals surface area contributed by atoms with E-state index in [1.165, 1.54) is 19.4 Å². The average molecular weight is 259 g/mol. The molecule has 4 heteroatoms. The van der Waals surface area contributed by atoms with Crippen molar-refractivity contribution in [1.82, 2.24) is 9.80 Å². The minimum Gasteiger partial charge on any atom is -0.399 e. The van der Waals surface area contributed by atoms with Crippen molar-refractivity contribution in [3.8, 4) is 0 Å². The number of carbonyl (C=O) groups excluding carboxylic acids is 1. The van der Waals surface area contributed by atoms with Gasteiger partial charge in [-0.2, -0.15) is 0 Å². The van der Waals surface area contributed by atoms with Crippen LogP contribution in [0.3, 0.4) is 0 Å². The van der Waals surface area contributed by atoms with Gasteiger partial charge < -0.3 is 10.6 Å². The van der Waals surface area contributed by atoms with Crippen molar-refractivity contribution in [2.45, 2.75) is 25.3 Å². The van der Waals surface area contributed by atoms with E-state index in [0.717, 1.165) is 30.9 Å². The molecular formula is C15H21N3O. The standard InChI is InChI=1S/C15H21N3O/c16-13-4-1-3-12(9-13)10-15(19)18-8-7-17-6-2-5-14(17)11-18/h1,3-4,9,14H,2,5-8,10-11,16H2. The van der Waals surface area contributed by atoms with Crippen LogP contribution in [-0.2, 0) is 11.2 Å². The average Bonchev–Trinajstić information content (AvgIpc) is 2.85. The number of nitrogens with two attached hydrogens (primary N) is 1. The molecule has 2 saturated heterocycles. The number of benzene rings is 1. The lowest BCUT2D eigenvalue weighted by molar-refractivity contribution is -0.133. The van der Waals surface area contributed by atoms with Crippen molar-refractivity contribution in [2.75, 3.05) is 31.9 Å². The van der Waals surface area contributed by atoms with E-state index in [1.54, 1.807) is 0 Å². The number of rotatable bonds is 2. The summed E-state index contributed by atoms with van der Waals surface area (Å²) in [7, 11) is 0. The number of nitrogen functional groups attached to an aromatic ring is 1. The van der Waals surface area contributed by atoms with Crippen molar-refractivity contribution in [3.05, 3.63) is 29.8 Å². The number of amides is 1. The summed E-state index contributed by atoms with van der Waals surface area (Å²) >= 11 is 0. The Morgan fingerprint density at radius 1 is 1.32 bits per heavy atom. The Labute approximate surface area is 114 Å². The van der Waals surface area contributed by atoms with Gasteiger partial charge in [-0.3, -0.25) is 9.69 Å². The number of nitrogens with zero attached hydrogens (tertiary/aromatic N) is 2. The van der Waals surface area contributed by atoms with E-state index in [4.69, 9.17) is 5.73 Å². The zero-order chi connectivity index (χ0) is 13.2. The third-order valence-electron chi connectivity index (χ3n) is 4.25. The summed E-state index contributed by atoms with van der Waals surface area (Å²) in [5, 5.41) is 0. The summed E-state index contributed by atoms with van der Waals surface area (Å²) in [5.41, 5.74) is 7.49. The first-order chi connectivity index (χ1) is 9.22. The molecule has 0 radical (unpaired) electrons. The van der Waals surface area contributed by atoms with Crippen LogP contribution in [0, 0.1) is 0 Å². The molecular weight excluding hydrogens is 238 g/mol. The molecule has 0 saturated carbocycles. The summed E-state index contributed by atoms with van der Waals surface area (Å²) in [5.74, 6) is 0.233. The quantitative estimate of drug-likeness (QED) is 0.810. The third kappa shape index (κ3) is 2.73. The summed E-state index contributed by atoms with van der Waals surface area (Å²) in [6, 6.07) is 8.22. The number of fused-ring (bicyclic) bond motifs is 1. The molecule has 0 aliphatic carbocycles. The molecule has 102 valence electrons. The topological polar surface area (TPSA) is 49.6 Å². The number of carbonyl (C=O) groups is 1. The first-order valence-electron chi connectivity index (χ1n) is 7.08. The number of hydrogen-bond acceptors (Lipinski definition) is 3. The van der Waals surface area contributed by atoms with Crippen molar-refractivity contribution in [3.63, 3.8) is 0 Å². The van der Waals surface area contributed by atoms with E-state index in [9.17, 15) is 4.79 Å². The first-order valence-corrected chi connectivity index (χ1v) is 7.08. The van der Waals surface area contributed by atoms with E-state index in [1.807, 2.05) is 29.2 Å². The highest BCUT2D eigenvalue weighted by Gasteiger charge is 2.32. The molecule has 1 atom stereocenters. The van der Waals surface area contributed by atoms with Crippen molar-refractivity contribution >= 4 is 11.6 Å². The predicted molar refractivity (Wildman–Crippen MR) is 75.7 cm³/mol. The fourth-order valence-electron chi connectivity index (χ4n) is 3.21. The molecule has 1 aromatic rings. The van der Waals surface area contributed by atoms with Crippen molar-refractivity contribution in [1.29, 1.82) is 0 Å². The van der Waals surface area contributed by atoms with Gasteiger partial charge in [0.1, 0.15) is 0 Å². The van der Waals surface area contributed by atoms with Crippen LogP contribution in [0.1, 0.15) is 18.4 Å². The van der Waals surface area contributed by atoms with Gasteiger partial charge in [-0.25, -0.2) is 0 Å². The van der Waals surface area contributed by atoms with Crippen molar-refractivity contribution < 1.29 is 4.79 Å². The van der Waals surface area contributed by atoms with Crippen LogP contribution in [0.15, 0.2) is 24.3 Å². The molecule has 2 fully saturated rings. The van der Waals surface area contributed by atoms with E-state index in [-0.39, 0.29) is 5.91 Å². The highest BCUT2D eigenvalue weighted by Crippen LogP contribution is 2.22.